The lowest BCUT2D eigenvalue weighted by Crippen LogP contribution is -2.13. The van der Waals surface area contributed by atoms with Crippen molar-refractivity contribution in [3.63, 3.8) is 0 Å². The van der Waals surface area contributed by atoms with Gasteiger partial charge >= 0.3 is 0 Å². The standard InChI is InChI=1S/C24H31F/c1-2-3-4-5-6-19-7-9-20(10-8-19)21-11-13-22(14-12-21)23-15-17-24(25)18-16-23/h11-20H,2-10H2,1H3/t19-,20-. The summed E-state index contributed by atoms with van der Waals surface area (Å²) in [6.45, 7) is 2.28. The van der Waals surface area contributed by atoms with E-state index in [9.17, 15) is 4.39 Å². The van der Waals surface area contributed by atoms with Gasteiger partial charge < -0.3 is 0 Å². The fraction of sp³-hybridized carbons (Fsp3) is 0.500. The SMILES string of the molecule is CCCCCC[C@H]1CC[C@H](c2ccc(-c3ccc(F)cc3)cc2)CC1. The van der Waals surface area contributed by atoms with E-state index < -0.39 is 0 Å². The van der Waals surface area contributed by atoms with Gasteiger partial charge in [-0.2, -0.15) is 0 Å². The maximum absolute atomic E-state index is 13.1. The minimum atomic E-state index is -0.174. The third-order valence-electron chi connectivity index (χ3n) is 5.87. The van der Waals surface area contributed by atoms with Crippen LogP contribution in [-0.2, 0) is 0 Å². The molecular weight excluding hydrogens is 307 g/mol. The van der Waals surface area contributed by atoms with E-state index in [0.29, 0.717) is 0 Å². The van der Waals surface area contributed by atoms with Gasteiger partial charge in [0, 0.05) is 0 Å². The van der Waals surface area contributed by atoms with Gasteiger partial charge in [-0.1, -0.05) is 75.4 Å². The average molecular weight is 339 g/mol. The first-order valence-electron chi connectivity index (χ1n) is 10.1. The molecule has 0 spiro atoms. The van der Waals surface area contributed by atoms with Crippen LogP contribution < -0.4 is 0 Å². The van der Waals surface area contributed by atoms with Crippen molar-refractivity contribution >= 4 is 0 Å². The Hall–Kier alpha value is -1.63. The summed E-state index contributed by atoms with van der Waals surface area (Å²) in [6, 6.07) is 15.7. The second-order valence-electron chi connectivity index (χ2n) is 7.70. The summed E-state index contributed by atoms with van der Waals surface area (Å²) in [5.74, 6) is 1.52. The van der Waals surface area contributed by atoms with E-state index in [-0.39, 0.29) is 5.82 Å². The van der Waals surface area contributed by atoms with Gasteiger partial charge in [0.1, 0.15) is 5.82 Å². The van der Waals surface area contributed by atoms with Crippen LogP contribution in [0.15, 0.2) is 48.5 Å². The van der Waals surface area contributed by atoms with Crippen molar-refractivity contribution in [2.75, 3.05) is 0 Å². The number of hydrogen-bond donors (Lipinski definition) is 0. The van der Waals surface area contributed by atoms with E-state index in [0.717, 1.165) is 17.4 Å². The first-order valence-corrected chi connectivity index (χ1v) is 10.1. The first kappa shape index (κ1) is 18.2. The van der Waals surface area contributed by atoms with Gasteiger partial charge in [-0.3, -0.25) is 0 Å². The molecule has 0 nitrogen and oxygen atoms in total. The van der Waals surface area contributed by atoms with Gasteiger partial charge in [-0.25, -0.2) is 4.39 Å². The van der Waals surface area contributed by atoms with Gasteiger partial charge in [0.05, 0.1) is 0 Å². The third-order valence-corrected chi connectivity index (χ3v) is 5.87. The Labute approximate surface area is 152 Å². The van der Waals surface area contributed by atoms with Crippen molar-refractivity contribution in [2.45, 2.75) is 70.6 Å². The minimum absolute atomic E-state index is 0.174. The highest BCUT2D eigenvalue weighted by Gasteiger charge is 2.22. The Balaban J connectivity index is 1.51. The lowest BCUT2D eigenvalue weighted by molar-refractivity contribution is 0.302. The molecule has 0 amide bonds. The molecule has 1 aliphatic carbocycles. The Kier molecular flexibility index (Phi) is 6.67. The summed E-state index contributed by atoms with van der Waals surface area (Å²) in [7, 11) is 0. The van der Waals surface area contributed by atoms with Crippen molar-refractivity contribution in [3.8, 4) is 11.1 Å². The molecule has 0 radical (unpaired) electrons. The van der Waals surface area contributed by atoms with Crippen LogP contribution in [0.4, 0.5) is 4.39 Å². The van der Waals surface area contributed by atoms with Gasteiger partial charge in [0.15, 0.2) is 0 Å². The predicted octanol–water partition coefficient (Wildman–Crippen LogP) is 7.74. The Morgan fingerprint density at radius 2 is 1.36 bits per heavy atom. The number of unbranched alkanes of at least 4 members (excludes halogenated alkanes) is 3. The van der Waals surface area contributed by atoms with Crippen LogP contribution in [0.2, 0.25) is 0 Å². The van der Waals surface area contributed by atoms with E-state index >= 15 is 0 Å². The molecule has 2 aromatic rings. The molecule has 25 heavy (non-hydrogen) atoms. The van der Waals surface area contributed by atoms with Crippen LogP contribution in [0.3, 0.4) is 0 Å². The fourth-order valence-corrected chi connectivity index (χ4v) is 4.23. The molecule has 1 heteroatoms. The predicted molar refractivity (Wildman–Crippen MR) is 105 cm³/mol. The van der Waals surface area contributed by atoms with Crippen LogP contribution in [0.25, 0.3) is 11.1 Å². The van der Waals surface area contributed by atoms with Gasteiger partial charge in [0.25, 0.3) is 0 Å². The second-order valence-corrected chi connectivity index (χ2v) is 7.70. The Morgan fingerprint density at radius 1 is 0.760 bits per heavy atom. The lowest BCUT2D eigenvalue weighted by atomic mass is 9.77. The maximum Gasteiger partial charge on any atom is 0.123 e. The topological polar surface area (TPSA) is 0 Å². The molecule has 0 N–H and O–H groups in total. The van der Waals surface area contributed by atoms with E-state index in [1.54, 1.807) is 0 Å². The van der Waals surface area contributed by atoms with Gasteiger partial charge in [-0.15, -0.1) is 0 Å². The summed E-state index contributed by atoms with van der Waals surface area (Å²) < 4.78 is 13.1. The van der Waals surface area contributed by atoms with Crippen molar-refractivity contribution < 1.29 is 4.39 Å². The molecular formula is C24H31F. The fourth-order valence-electron chi connectivity index (χ4n) is 4.23. The normalized spacial score (nSPS) is 20.6. The number of benzene rings is 2. The molecule has 1 saturated carbocycles. The lowest BCUT2D eigenvalue weighted by Gasteiger charge is -2.29. The van der Waals surface area contributed by atoms with E-state index in [1.807, 2.05) is 12.1 Å². The molecule has 1 aliphatic rings. The van der Waals surface area contributed by atoms with Crippen LogP contribution in [0.1, 0.15) is 76.2 Å². The zero-order valence-corrected chi connectivity index (χ0v) is 15.5. The van der Waals surface area contributed by atoms with Crippen LogP contribution in [0, 0.1) is 11.7 Å². The van der Waals surface area contributed by atoms with Crippen molar-refractivity contribution in [3.05, 3.63) is 59.9 Å². The number of halogens is 1. The molecule has 0 unspecified atom stereocenters. The number of rotatable bonds is 7. The molecule has 0 heterocycles. The summed E-state index contributed by atoms with van der Waals surface area (Å²) in [5, 5.41) is 0. The average Bonchev–Trinajstić information content (AvgIpc) is 2.67. The highest BCUT2D eigenvalue weighted by molar-refractivity contribution is 5.63. The summed E-state index contributed by atoms with van der Waals surface area (Å²) >= 11 is 0. The summed E-state index contributed by atoms with van der Waals surface area (Å²) in [6.07, 6.45) is 12.5. The van der Waals surface area contributed by atoms with E-state index in [1.165, 1.54) is 81.0 Å². The van der Waals surface area contributed by atoms with Crippen LogP contribution in [-0.4, -0.2) is 0 Å². The van der Waals surface area contributed by atoms with Crippen molar-refractivity contribution in [2.24, 2.45) is 5.92 Å². The van der Waals surface area contributed by atoms with Crippen molar-refractivity contribution in [1.82, 2.24) is 0 Å². The smallest absolute Gasteiger partial charge is 0.123 e. The Morgan fingerprint density at radius 3 is 1.96 bits per heavy atom. The van der Waals surface area contributed by atoms with Gasteiger partial charge in [-0.05, 0) is 66.3 Å². The zero-order valence-electron chi connectivity index (χ0n) is 15.5. The van der Waals surface area contributed by atoms with Crippen LogP contribution >= 0.6 is 0 Å². The quantitative estimate of drug-likeness (QED) is 0.453. The molecule has 0 saturated heterocycles. The molecule has 0 aliphatic heterocycles. The minimum Gasteiger partial charge on any atom is -0.207 e. The van der Waals surface area contributed by atoms with Crippen LogP contribution in [0.5, 0.6) is 0 Å². The van der Waals surface area contributed by atoms with Crippen molar-refractivity contribution in [1.29, 1.82) is 0 Å². The third kappa shape index (κ3) is 5.17. The molecule has 0 bridgehead atoms. The molecule has 1 fully saturated rings. The maximum atomic E-state index is 13.1. The zero-order chi connectivity index (χ0) is 17.5. The summed E-state index contributed by atoms with van der Waals surface area (Å²) in [5.41, 5.74) is 3.74. The molecule has 134 valence electrons. The Bertz CT molecular complexity index is 618. The largest absolute Gasteiger partial charge is 0.207 e. The second kappa shape index (κ2) is 9.17. The van der Waals surface area contributed by atoms with E-state index in [2.05, 4.69) is 31.2 Å². The van der Waals surface area contributed by atoms with Gasteiger partial charge in [0.2, 0.25) is 0 Å². The number of hydrogen-bond acceptors (Lipinski definition) is 0. The monoisotopic (exact) mass is 338 g/mol. The summed E-state index contributed by atoms with van der Waals surface area (Å²) in [4.78, 5) is 0. The highest BCUT2D eigenvalue weighted by atomic mass is 19.1. The molecule has 2 aromatic carbocycles. The molecule has 0 aromatic heterocycles. The first-order chi connectivity index (χ1) is 12.3. The molecule has 3 rings (SSSR count). The molecule has 0 atom stereocenters. The van der Waals surface area contributed by atoms with E-state index in [4.69, 9.17) is 0 Å². The highest BCUT2D eigenvalue weighted by Crippen LogP contribution is 2.38.